The average molecular weight is 369 g/mol. The van der Waals surface area contributed by atoms with Crippen LogP contribution in [0.3, 0.4) is 0 Å². The van der Waals surface area contributed by atoms with Crippen LogP contribution < -0.4 is 5.56 Å². The van der Waals surface area contributed by atoms with Crippen molar-refractivity contribution >= 4 is 34.0 Å². The number of halogens is 1. The number of benzene rings is 1. The molecule has 0 aliphatic rings. The number of rotatable bonds is 2. The van der Waals surface area contributed by atoms with Gasteiger partial charge in [-0.1, -0.05) is 23.7 Å². The van der Waals surface area contributed by atoms with Gasteiger partial charge in [0.2, 0.25) is 0 Å². The number of aromatic amines is 1. The summed E-state index contributed by atoms with van der Waals surface area (Å²) < 4.78 is 1.58. The summed E-state index contributed by atoms with van der Waals surface area (Å²) in [7, 11) is 0. The summed E-state index contributed by atoms with van der Waals surface area (Å²) in [6, 6.07) is 10.7. The summed E-state index contributed by atoms with van der Waals surface area (Å²) in [5, 5.41) is 21.7. The maximum absolute atomic E-state index is 11.8. The Kier molecular flexibility index (Phi) is 3.57. The van der Waals surface area contributed by atoms with E-state index in [9.17, 15) is 9.90 Å². The van der Waals surface area contributed by atoms with Crippen molar-refractivity contribution in [1.29, 1.82) is 5.26 Å². The van der Waals surface area contributed by atoms with Crippen LogP contribution in [-0.4, -0.2) is 19.6 Å². The molecule has 3 heterocycles. The van der Waals surface area contributed by atoms with Crippen LogP contribution in [-0.2, 0) is 0 Å². The van der Waals surface area contributed by atoms with Gasteiger partial charge in [0, 0.05) is 16.6 Å². The molecule has 4 aromatic rings. The van der Waals surface area contributed by atoms with E-state index in [0.717, 1.165) is 11.3 Å². The predicted molar refractivity (Wildman–Crippen MR) is 96.4 cm³/mol. The van der Waals surface area contributed by atoms with Gasteiger partial charge in [0.05, 0.1) is 16.7 Å². The predicted octanol–water partition coefficient (Wildman–Crippen LogP) is 3.67. The van der Waals surface area contributed by atoms with E-state index in [0.29, 0.717) is 16.4 Å². The van der Waals surface area contributed by atoms with Gasteiger partial charge in [-0.3, -0.25) is 9.36 Å². The topological polar surface area (TPSA) is 94.7 Å². The summed E-state index contributed by atoms with van der Waals surface area (Å²) in [5.74, 6) is -0.392. The number of nitrogens with zero attached hydrogens (tertiary/aromatic N) is 3. The number of hydrogen-bond acceptors (Lipinski definition) is 5. The fraction of sp³-hybridized carbons (Fsp3) is 0. The molecule has 0 aliphatic carbocycles. The van der Waals surface area contributed by atoms with E-state index in [1.807, 2.05) is 29.6 Å². The summed E-state index contributed by atoms with van der Waals surface area (Å²) >= 11 is 7.81. The number of nitrogens with one attached hydrogen (secondary N) is 1. The number of aromatic hydroxyl groups is 1. The molecule has 0 saturated heterocycles. The van der Waals surface area contributed by atoms with E-state index in [1.54, 1.807) is 16.1 Å². The summed E-state index contributed by atoms with van der Waals surface area (Å²) in [6.45, 7) is 0. The van der Waals surface area contributed by atoms with Crippen molar-refractivity contribution in [3.8, 4) is 28.8 Å². The zero-order chi connectivity index (χ0) is 17.6. The molecule has 6 nitrogen and oxygen atoms in total. The van der Waals surface area contributed by atoms with E-state index < -0.39 is 11.3 Å². The number of nitriles is 1. The van der Waals surface area contributed by atoms with Crippen LogP contribution in [0.25, 0.3) is 28.0 Å². The van der Waals surface area contributed by atoms with Gasteiger partial charge in [0.25, 0.3) is 5.56 Å². The molecular weight excluding hydrogens is 360 g/mol. The molecule has 0 amide bonds. The Morgan fingerprint density at radius 2 is 2.08 bits per heavy atom. The van der Waals surface area contributed by atoms with Crippen LogP contribution in [0, 0.1) is 11.3 Å². The lowest BCUT2D eigenvalue weighted by atomic mass is 10.1. The molecule has 0 aliphatic heterocycles. The lowest BCUT2D eigenvalue weighted by molar-refractivity contribution is 0.476. The molecule has 0 unspecified atom stereocenters. The van der Waals surface area contributed by atoms with Crippen molar-refractivity contribution < 1.29 is 5.11 Å². The molecule has 25 heavy (non-hydrogen) atoms. The average Bonchev–Trinajstić information content (AvgIpc) is 3.23. The fourth-order valence-corrected chi connectivity index (χ4v) is 3.56. The van der Waals surface area contributed by atoms with Crippen LogP contribution in [0.1, 0.15) is 5.56 Å². The smallest absolute Gasteiger partial charge is 0.270 e. The third-order valence-corrected chi connectivity index (χ3v) is 4.72. The van der Waals surface area contributed by atoms with Crippen molar-refractivity contribution in [1.82, 2.24) is 14.5 Å². The van der Waals surface area contributed by atoms with Gasteiger partial charge in [0.1, 0.15) is 16.7 Å². The van der Waals surface area contributed by atoms with Gasteiger partial charge in [0.15, 0.2) is 11.3 Å². The van der Waals surface area contributed by atoms with Crippen molar-refractivity contribution in [3.05, 3.63) is 62.3 Å². The highest BCUT2D eigenvalue weighted by molar-refractivity contribution is 7.07. The second-order valence-electron chi connectivity index (χ2n) is 5.27. The zero-order valence-corrected chi connectivity index (χ0v) is 14.1. The Morgan fingerprint density at radius 1 is 1.32 bits per heavy atom. The molecule has 3 aromatic heterocycles. The Morgan fingerprint density at radius 3 is 2.72 bits per heavy atom. The first-order valence-corrected chi connectivity index (χ1v) is 8.47. The summed E-state index contributed by atoms with van der Waals surface area (Å²) in [5.41, 5.74) is 3.91. The lowest BCUT2D eigenvalue weighted by Gasteiger charge is -2.09. The lowest BCUT2D eigenvalue weighted by Crippen LogP contribution is -2.10. The van der Waals surface area contributed by atoms with Crippen molar-refractivity contribution in [3.63, 3.8) is 0 Å². The number of pyridine rings is 1. The Labute approximate surface area is 150 Å². The SMILES string of the molecule is N#Cc1c(O)c2c(cc(Cl)n2-c2ccc(-c3cscn3)cc2)[nH]c1=O. The minimum absolute atomic E-state index is 0.280. The minimum atomic E-state index is -0.653. The molecule has 0 bridgehead atoms. The van der Waals surface area contributed by atoms with E-state index in [-0.39, 0.29) is 11.1 Å². The molecule has 8 heteroatoms. The molecule has 1 aromatic carbocycles. The molecule has 4 rings (SSSR count). The van der Waals surface area contributed by atoms with Crippen molar-refractivity contribution in [2.45, 2.75) is 0 Å². The van der Waals surface area contributed by atoms with E-state index >= 15 is 0 Å². The quantitative estimate of drug-likeness (QED) is 0.564. The molecule has 122 valence electrons. The molecule has 0 spiro atoms. The van der Waals surface area contributed by atoms with Gasteiger partial charge in [-0.2, -0.15) is 5.26 Å². The number of aromatic nitrogens is 3. The van der Waals surface area contributed by atoms with Crippen molar-refractivity contribution in [2.24, 2.45) is 0 Å². The molecule has 2 N–H and O–H groups in total. The Balaban J connectivity index is 1.94. The highest BCUT2D eigenvalue weighted by Gasteiger charge is 2.18. The van der Waals surface area contributed by atoms with Crippen LogP contribution in [0.2, 0.25) is 5.15 Å². The van der Waals surface area contributed by atoms with Gasteiger partial charge >= 0.3 is 0 Å². The standard InChI is InChI=1S/C17H9ClN4O2S/c18-14-5-12-15(16(23)11(6-19)17(24)21-12)22(14)10-3-1-9(2-4-10)13-7-25-8-20-13/h1-5,7-8H,(H2,21,23,24). The second kappa shape index (κ2) is 5.77. The van der Waals surface area contributed by atoms with E-state index in [2.05, 4.69) is 9.97 Å². The number of hydrogen-bond donors (Lipinski definition) is 2. The third kappa shape index (κ3) is 2.39. The van der Waals surface area contributed by atoms with Gasteiger partial charge in [-0.25, -0.2) is 4.98 Å². The largest absolute Gasteiger partial charge is 0.504 e. The molecular formula is C17H9ClN4O2S. The maximum atomic E-state index is 11.8. The molecule has 0 atom stereocenters. The fourth-order valence-electron chi connectivity index (χ4n) is 2.71. The van der Waals surface area contributed by atoms with E-state index in [4.69, 9.17) is 16.9 Å². The number of thiazole rings is 1. The maximum Gasteiger partial charge on any atom is 0.270 e. The van der Waals surface area contributed by atoms with Crippen LogP contribution >= 0.6 is 22.9 Å². The molecule has 0 radical (unpaired) electrons. The monoisotopic (exact) mass is 368 g/mol. The highest BCUT2D eigenvalue weighted by Crippen LogP contribution is 2.33. The van der Waals surface area contributed by atoms with Crippen molar-refractivity contribution in [2.75, 3.05) is 0 Å². The number of H-pyrrole nitrogens is 1. The second-order valence-corrected chi connectivity index (χ2v) is 6.38. The third-order valence-electron chi connectivity index (χ3n) is 3.86. The molecule has 0 saturated carbocycles. The van der Waals surface area contributed by atoms with E-state index in [1.165, 1.54) is 17.4 Å². The molecule has 0 fully saturated rings. The van der Waals surface area contributed by atoms with Crippen LogP contribution in [0.15, 0.2) is 46.0 Å². The highest BCUT2D eigenvalue weighted by atomic mass is 35.5. The van der Waals surface area contributed by atoms with Gasteiger partial charge in [-0.05, 0) is 18.2 Å². The first-order chi connectivity index (χ1) is 12.1. The minimum Gasteiger partial charge on any atom is -0.504 e. The van der Waals surface area contributed by atoms with Gasteiger partial charge < -0.3 is 10.1 Å². The zero-order valence-electron chi connectivity index (χ0n) is 12.5. The number of fused-ring (bicyclic) bond motifs is 1. The van der Waals surface area contributed by atoms with Crippen LogP contribution in [0.4, 0.5) is 0 Å². The Hall–Kier alpha value is -3.08. The van der Waals surface area contributed by atoms with Crippen LogP contribution in [0.5, 0.6) is 5.75 Å². The first kappa shape index (κ1) is 15.4. The summed E-state index contributed by atoms with van der Waals surface area (Å²) in [6.07, 6.45) is 0. The first-order valence-electron chi connectivity index (χ1n) is 7.15. The van der Waals surface area contributed by atoms with Gasteiger partial charge in [-0.15, -0.1) is 11.3 Å². The Bertz CT molecular complexity index is 1180. The summed E-state index contributed by atoms with van der Waals surface area (Å²) in [4.78, 5) is 18.6. The normalized spacial score (nSPS) is 10.9.